The van der Waals surface area contributed by atoms with Crippen molar-refractivity contribution in [2.75, 3.05) is 0 Å². The summed E-state index contributed by atoms with van der Waals surface area (Å²) < 4.78 is 0. The molecule has 0 bridgehead atoms. The lowest BCUT2D eigenvalue weighted by molar-refractivity contribution is 0.0967. The Hall–Kier alpha value is -2.09. The molecule has 2 nitrogen and oxygen atoms in total. The highest BCUT2D eigenvalue weighted by atomic mass is 16.1. The van der Waals surface area contributed by atoms with Gasteiger partial charge in [0.25, 0.3) is 5.91 Å². The molecule has 0 spiro atoms. The fourth-order valence-corrected chi connectivity index (χ4v) is 1.43. The van der Waals surface area contributed by atoms with E-state index in [1.807, 2.05) is 44.2 Å². The molecule has 0 saturated carbocycles. The van der Waals surface area contributed by atoms with Crippen molar-refractivity contribution in [2.45, 2.75) is 13.8 Å². The Labute approximate surface area is 102 Å². The molecule has 1 N–H and O–H groups in total. The Bertz CT molecular complexity index is 470. The standard InChI is InChI=1S/C15H17NO/c1-4-7-14(8-5-2)16-15(17)13-10-6-9-12(3)11-13/h4-11H,1H2,2-3H3,(H,16,17)/b8-5-,14-7+. The molecular weight excluding hydrogens is 210 g/mol. The van der Waals surface area contributed by atoms with Crippen LogP contribution in [0.25, 0.3) is 0 Å². The van der Waals surface area contributed by atoms with E-state index in [0.717, 1.165) is 11.3 Å². The summed E-state index contributed by atoms with van der Waals surface area (Å²) >= 11 is 0. The number of nitrogens with one attached hydrogen (secondary N) is 1. The maximum Gasteiger partial charge on any atom is 0.255 e. The Morgan fingerprint density at radius 1 is 1.41 bits per heavy atom. The predicted molar refractivity (Wildman–Crippen MR) is 71.7 cm³/mol. The van der Waals surface area contributed by atoms with E-state index >= 15 is 0 Å². The average Bonchev–Trinajstić information content (AvgIpc) is 2.29. The summed E-state index contributed by atoms with van der Waals surface area (Å²) in [7, 11) is 0. The normalized spacial score (nSPS) is 11.5. The van der Waals surface area contributed by atoms with Crippen LogP contribution < -0.4 is 5.32 Å². The molecule has 0 atom stereocenters. The van der Waals surface area contributed by atoms with E-state index < -0.39 is 0 Å². The molecule has 0 saturated heterocycles. The van der Waals surface area contributed by atoms with Gasteiger partial charge in [0, 0.05) is 11.3 Å². The quantitative estimate of drug-likeness (QED) is 0.785. The second kappa shape index (κ2) is 6.48. The summed E-state index contributed by atoms with van der Waals surface area (Å²) in [6, 6.07) is 7.49. The maximum absolute atomic E-state index is 11.9. The molecule has 0 aromatic heterocycles. The Kier molecular flexibility index (Phi) is 4.95. The molecule has 0 fully saturated rings. The van der Waals surface area contributed by atoms with Crippen molar-refractivity contribution < 1.29 is 4.79 Å². The summed E-state index contributed by atoms with van der Waals surface area (Å²) in [6.45, 7) is 7.48. The van der Waals surface area contributed by atoms with E-state index in [4.69, 9.17) is 0 Å². The highest BCUT2D eigenvalue weighted by Crippen LogP contribution is 2.05. The number of hydrogen-bond donors (Lipinski definition) is 1. The van der Waals surface area contributed by atoms with Gasteiger partial charge in [-0.15, -0.1) is 0 Å². The number of amides is 1. The van der Waals surface area contributed by atoms with Crippen LogP contribution in [-0.4, -0.2) is 5.91 Å². The molecule has 1 rings (SSSR count). The van der Waals surface area contributed by atoms with Crippen molar-refractivity contribution in [1.29, 1.82) is 0 Å². The van der Waals surface area contributed by atoms with Crippen molar-refractivity contribution in [3.8, 4) is 0 Å². The minimum atomic E-state index is -0.111. The van der Waals surface area contributed by atoms with Crippen LogP contribution in [0.2, 0.25) is 0 Å². The van der Waals surface area contributed by atoms with Gasteiger partial charge in [0.05, 0.1) is 0 Å². The van der Waals surface area contributed by atoms with Crippen LogP contribution in [0.3, 0.4) is 0 Å². The topological polar surface area (TPSA) is 29.1 Å². The molecule has 2 heteroatoms. The van der Waals surface area contributed by atoms with Gasteiger partial charge in [-0.25, -0.2) is 0 Å². The monoisotopic (exact) mass is 227 g/mol. The molecule has 0 aliphatic heterocycles. The second-order valence-corrected chi connectivity index (χ2v) is 3.68. The Balaban J connectivity index is 2.84. The zero-order valence-electron chi connectivity index (χ0n) is 10.2. The molecule has 0 heterocycles. The van der Waals surface area contributed by atoms with Crippen molar-refractivity contribution in [2.24, 2.45) is 0 Å². The van der Waals surface area contributed by atoms with Crippen LogP contribution in [0.15, 0.2) is 60.8 Å². The third kappa shape index (κ3) is 4.11. The van der Waals surface area contributed by atoms with Crippen LogP contribution in [-0.2, 0) is 0 Å². The Morgan fingerprint density at radius 3 is 2.76 bits per heavy atom. The summed E-state index contributed by atoms with van der Waals surface area (Å²) in [4.78, 5) is 11.9. The van der Waals surface area contributed by atoms with Crippen LogP contribution in [0.5, 0.6) is 0 Å². The lowest BCUT2D eigenvalue weighted by Gasteiger charge is -2.06. The van der Waals surface area contributed by atoms with E-state index in [0.29, 0.717) is 5.56 Å². The molecule has 0 aliphatic rings. The SMILES string of the molecule is C=C/C=C(\C=C/C)NC(=O)c1cccc(C)c1. The lowest BCUT2D eigenvalue weighted by atomic mass is 10.1. The molecule has 0 radical (unpaired) electrons. The Morgan fingerprint density at radius 2 is 2.18 bits per heavy atom. The van der Waals surface area contributed by atoms with Gasteiger partial charge in [0.15, 0.2) is 0 Å². The van der Waals surface area contributed by atoms with Gasteiger partial charge in [-0.05, 0) is 38.1 Å². The number of rotatable bonds is 4. The van der Waals surface area contributed by atoms with Gasteiger partial charge in [-0.3, -0.25) is 4.79 Å². The first kappa shape index (κ1) is 13.0. The number of benzene rings is 1. The number of hydrogen-bond acceptors (Lipinski definition) is 1. The highest BCUT2D eigenvalue weighted by Gasteiger charge is 2.05. The molecule has 0 unspecified atom stereocenters. The molecule has 1 aromatic carbocycles. The van der Waals surface area contributed by atoms with E-state index in [2.05, 4.69) is 11.9 Å². The van der Waals surface area contributed by atoms with E-state index in [1.165, 1.54) is 0 Å². The fourth-order valence-electron chi connectivity index (χ4n) is 1.43. The first-order chi connectivity index (χ1) is 8.17. The zero-order valence-corrected chi connectivity index (χ0v) is 10.2. The molecular formula is C15H17NO. The molecule has 17 heavy (non-hydrogen) atoms. The van der Waals surface area contributed by atoms with Crippen LogP contribution in [0.4, 0.5) is 0 Å². The average molecular weight is 227 g/mol. The van der Waals surface area contributed by atoms with Crippen LogP contribution in [0, 0.1) is 6.92 Å². The van der Waals surface area contributed by atoms with Crippen molar-refractivity contribution >= 4 is 5.91 Å². The minimum absolute atomic E-state index is 0.111. The van der Waals surface area contributed by atoms with Crippen molar-refractivity contribution in [3.63, 3.8) is 0 Å². The van der Waals surface area contributed by atoms with E-state index in [1.54, 1.807) is 18.2 Å². The van der Waals surface area contributed by atoms with Crippen LogP contribution >= 0.6 is 0 Å². The van der Waals surface area contributed by atoms with Crippen molar-refractivity contribution in [3.05, 3.63) is 72.0 Å². The predicted octanol–water partition coefficient (Wildman–Crippen LogP) is 3.37. The number of carbonyl (C=O) groups excluding carboxylic acids is 1. The smallest absolute Gasteiger partial charge is 0.255 e. The summed E-state index contributed by atoms with van der Waals surface area (Å²) in [5.41, 5.74) is 2.46. The zero-order chi connectivity index (χ0) is 12.7. The summed E-state index contributed by atoms with van der Waals surface area (Å²) in [6.07, 6.45) is 7.10. The molecule has 0 aliphatic carbocycles. The number of aryl methyl sites for hydroxylation is 1. The minimum Gasteiger partial charge on any atom is -0.322 e. The van der Waals surface area contributed by atoms with E-state index in [-0.39, 0.29) is 5.91 Å². The van der Waals surface area contributed by atoms with Gasteiger partial charge in [0.1, 0.15) is 0 Å². The largest absolute Gasteiger partial charge is 0.322 e. The lowest BCUT2D eigenvalue weighted by Crippen LogP contribution is -2.21. The summed E-state index contributed by atoms with van der Waals surface area (Å²) in [5, 5.41) is 2.83. The third-order valence-electron chi connectivity index (χ3n) is 2.18. The van der Waals surface area contributed by atoms with Gasteiger partial charge >= 0.3 is 0 Å². The van der Waals surface area contributed by atoms with Gasteiger partial charge in [-0.2, -0.15) is 0 Å². The van der Waals surface area contributed by atoms with Crippen LogP contribution in [0.1, 0.15) is 22.8 Å². The fraction of sp³-hybridized carbons (Fsp3) is 0.133. The van der Waals surface area contributed by atoms with Gasteiger partial charge in [0.2, 0.25) is 0 Å². The van der Waals surface area contributed by atoms with Gasteiger partial charge < -0.3 is 5.32 Å². The highest BCUT2D eigenvalue weighted by molar-refractivity contribution is 5.95. The van der Waals surface area contributed by atoms with Crippen molar-refractivity contribution in [1.82, 2.24) is 5.32 Å². The van der Waals surface area contributed by atoms with E-state index in [9.17, 15) is 4.79 Å². The summed E-state index contributed by atoms with van der Waals surface area (Å²) in [5.74, 6) is -0.111. The molecule has 1 aromatic rings. The maximum atomic E-state index is 11.9. The molecule has 88 valence electrons. The second-order valence-electron chi connectivity index (χ2n) is 3.68. The first-order valence-electron chi connectivity index (χ1n) is 5.51. The first-order valence-corrected chi connectivity index (χ1v) is 5.51. The molecule has 1 amide bonds. The third-order valence-corrected chi connectivity index (χ3v) is 2.18. The van der Waals surface area contributed by atoms with Gasteiger partial charge in [-0.1, -0.05) is 36.4 Å². The number of carbonyl (C=O) groups is 1. The number of allylic oxidation sites excluding steroid dienone is 4.